The zero-order valence-corrected chi connectivity index (χ0v) is 11.7. The van der Waals surface area contributed by atoms with Crippen molar-refractivity contribution in [1.29, 1.82) is 5.26 Å². The first kappa shape index (κ1) is 14.0. The molecule has 0 unspecified atom stereocenters. The SMILES string of the molecule is CCCCc1ccccc1/N=C/c1ccccc1C#N. The molecular formula is C18H18N2. The van der Waals surface area contributed by atoms with Crippen LogP contribution in [-0.2, 0) is 6.42 Å². The number of rotatable bonds is 5. The van der Waals surface area contributed by atoms with Gasteiger partial charge in [0.05, 0.1) is 17.3 Å². The van der Waals surface area contributed by atoms with Crippen LogP contribution in [0.1, 0.15) is 36.5 Å². The fraction of sp³-hybridized carbons (Fsp3) is 0.222. The monoisotopic (exact) mass is 262 g/mol. The topological polar surface area (TPSA) is 36.1 Å². The summed E-state index contributed by atoms with van der Waals surface area (Å²) in [5.74, 6) is 0. The largest absolute Gasteiger partial charge is 0.256 e. The Balaban J connectivity index is 2.25. The van der Waals surface area contributed by atoms with E-state index in [1.807, 2.05) is 42.5 Å². The highest BCUT2D eigenvalue weighted by molar-refractivity contribution is 5.85. The quantitative estimate of drug-likeness (QED) is 0.722. The van der Waals surface area contributed by atoms with Gasteiger partial charge in [0.25, 0.3) is 0 Å². The molecule has 0 aromatic heterocycles. The molecule has 0 spiro atoms. The van der Waals surface area contributed by atoms with E-state index in [1.54, 1.807) is 6.21 Å². The molecule has 100 valence electrons. The summed E-state index contributed by atoms with van der Waals surface area (Å²) >= 11 is 0. The average molecular weight is 262 g/mol. The molecule has 20 heavy (non-hydrogen) atoms. The average Bonchev–Trinajstić information content (AvgIpc) is 2.52. The van der Waals surface area contributed by atoms with E-state index in [-0.39, 0.29) is 0 Å². The maximum absolute atomic E-state index is 9.07. The summed E-state index contributed by atoms with van der Waals surface area (Å²) < 4.78 is 0. The number of nitrogens with zero attached hydrogens (tertiary/aromatic N) is 2. The minimum Gasteiger partial charge on any atom is -0.256 e. The van der Waals surface area contributed by atoms with Gasteiger partial charge in [0, 0.05) is 11.8 Å². The summed E-state index contributed by atoms with van der Waals surface area (Å²) in [5, 5.41) is 9.07. The summed E-state index contributed by atoms with van der Waals surface area (Å²) in [6.45, 7) is 2.19. The van der Waals surface area contributed by atoms with Crippen LogP contribution in [0.4, 0.5) is 5.69 Å². The third-order valence-corrected chi connectivity index (χ3v) is 3.22. The van der Waals surface area contributed by atoms with Crippen LogP contribution in [0, 0.1) is 11.3 Å². The maximum atomic E-state index is 9.07. The Bertz CT molecular complexity index is 636. The van der Waals surface area contributed by atoms with Gasteiger partial charge in [-0.3, -0.25) is 4.99 Å². The Morgan fingerprint density at radius 2 is 1.85 bits per heavy atom. The molecule has 2 aromatic carbocycles. The van der Waals surface area contributed by atoms with E-state index in [4.69, 9.17) is 5.26 Å². The van der Waals surface area contributed by atoms with Crippen molar-refractivity contribution >= 4 is 11.9 Å². The molecule has 0 saturated carbocycles. The number of nitriles is 1. The van der Waals surface area contributed by atoms with E-state index in [0.717, 1.165) is 17.7 Å². The zero-order valence-electron chi connectivity index (χ0n) is 11.7. The summed E-state index contributed by atoms with van der Waals surface area (Å²) in [6.07, 6.45) is 5.17. The van der Waals surface area contributed by atoms with Crippen molar-refractivity contribution in [1.82, 2.24) is 0 Å². The van der Waals surface area contributed by atoms with Gasteiger partial charge in [0.2, 0.25) is 0 Å². The highest BCUT2D eigenvalue weighted by Crippen LogP contribution is 2.21. The van der Waals surface area contributed by atoms with E-state index < -0.39 is 0 Å². The molecule has 0 aliphatic carbocycles. The number of hydrogen-bond donors (Lipinski definition) is 0. The van der Waals surface area contributed by atoms with Crippen molar-refractivity contribution < 1.29 is 0 Å². The second-order valence-electron chi connectivity index (χ2n) is 4.69. The molecular weight excluding hydrogens is 244 g/mol. The predicted octanol–water partition coefficient (Wildman–Crippen LogP) is 4.65. The van der Waals surface area contributed by atoms with Crippen molar-refractivity contribution in [2.24, 2.45) is 4.99 Å². The van der Waals surface area contributed by atoms with Gasteiger partial charge in [0.15, 0.2) is 0 Å². The number of aryl methyl sites for hydroxylation is 1. The summed E-state index contributed by atoms with van der Waals surface area (Å²) in [4.78, 5) is 4.56. The molecule has 2 heteroatoms. The molecule has 0 radical (unpaired) electrons. The molecule has 2 rings (SSSR count). The van der Waals surface area contributed by atoms with Gasteiger partial charge in [-0.2, -0.15) is 5.26 Å². The number of benzene rings is 2. The number of para-hydroxylation sites is 1. The van der Waals surface area contributed by atoms with Crippen LogP contribution in [0.15, 0.2) is 53.5 Å². The van der Waals surface area contributed by atoms with Gasteiger partial charge in [-0.05, 0) is 30.5 Å². The minimum absolute atomic E-state index is 0.655. The lowest BCUT2D eigenvalue weighted by molar-refractivity contribution is 0.795. The Labute approximate surface area is 120 Å². The third-order valence-electron chi connectivity index (χ3n) is 3.22. The first-order valence-corrected chi connectivity index (χ1v) is 6.96. The van der Waals surface area contributed by atoms with E-state index in [2.05, 4.69) is 24.1 Å². The first-order chi connectivity index (χ1) is 9.85. The Hall–Kier alpha value is -2.40. The lowest BCUT2D eigenvalue weighted by Crippen LogP contribution is -1.89. The Kier molecular flexibility index (Phi) is 5.08. The van der Waals surface area contributed by atoms with Crippen molar-refractivity contribution in [2.45, 2.75) is 26.2 Å². The molecule has 0 N–H and O–H groups in total. The van der Waals surface area contributed by atoms with Crippen LogP contribution in [0.5, 0.6) is 0 Å². The van der Waals surface area contributed by atoms with Crippen molar-refractivity contribution in [3.63, 3.8) is 0 Å². The standard InChI is InChI=1S/C18H18N2/c1-2-3-8-15-9-6-7-12-18(15)20-14-17-11-5-4-10-16(17)13-19/h4-7,9-12,14H,2-3,8H2,1H3/b20-14+. The normalized spacial score (nSPS) is 10.6. The molecule has 0 saturated heterocycles. The van der Waals surface area contributed by atoms with E-state index in [9.17, 15) is 0 Å². The molecule has 0 atom stereocenters. The van der Waals surface area contributed by atoms with Crippen LogP contribution in [-0.4, -0.2) is 6.21 Å². The summed E-state index contributed by atoms with van der Waals surface area (Å²) in [5.41, 5.74) is 3.77. The van der Waals surface area contributed by atoms with Gasteiger partial charge in [-0.15, -0.1) is 0 Å². The molecule has 2 aromatic rings. The highest BCUT2D eigenvalue weighted by Gasteiger charge is 2.00. The van der Waals surface area contributed by atoms with Gasteiger partial charge < -0.3 is 0 Å². The lowest BCUT2D eigenvalue weighted by atomic mass is 10.1. The first-order valence-electron chi connectivity index (χ1n) is 6.96. The second-order valence-corrected chi connectivity index (χ2v) is 4.69. The summed E-state index contributed by atoms with van der Waals surface area (Å²) in [7, 11) is 0. The van der Waals surface area contributed by atoms with Crippen LogP contribution in [0.3, 0.4) is 0 Å². The molecule has 0 aliphatic heterocycles. The fourth-order valence-corrected chi connectivity index (χ4v) is 2.07. The van der Waals surface area contributed by atoms with Gasteiger partial charge in [-0.25, -0.2) is 0 Å². The van der Waals surface area contributed by atoms with Crippen LogP contribution < -0.4 is 0 Å². The third kappa shape index (κ3) is 3.55. The van der Waals surface area contributed by atoms with E-state index in [1.165, 1.54) is 18.4 Å². The van der Waals surface area contributed by atoms with Crippen LogP contribution >= 0.6 is 0 Å². The van der Waals surface area contributed by atoms with Gasteiger partial charge in [0.1, 0.15) is 0 Å². The van der Waals surface area contributed by atoms with Crippen LogP contribution in [0.2, 0.25) is 0 Å². The van der Waals surface area contributed by atoms with E-state index >= 15 is 0 Å². The molecule has 0 bridgehead atoms. The van der Waals surface area contributed by atoms with Crippen molar-refractivity contribution in [3.05, 3.63) is 65.2 Å². The summed E-state index contributed by atoms with van der Waals surface area (Å²) in [6, 6.07) is 17.9. The second kappa shape index (κ2) is 7.25. The van der Waals surface area contributed by atoms with Gasteiger partial charge >= 0.3 is 0 Å². The highest BCUT2D eigenvalue weighted by atomic mass is 14.7. The van der Waals surface area contributed by atoms with Gasteiger partial charge in [-0.1, -0.05) is 49.7 Å². The van der Waals surface area contributed by atoms with Crippen molar-refractivity contribution in [2.75, 3.05) is 0 Å². The maximum Gasteiger partial charge on any atom is 0.0998 e. The fourth-order valence-electron chi connectivity index (χ4n) is 2.07. The van der Waals surface area contributed by atoms with Crippen LogP contribution in [0.25, 0.3) is 0 Å². The molecule has 2 nitrogen and oxygen atoms in total. The van der Waals surface area contributed by atoms with E-state index in [0.29, 0.717) is 5.56 Å². The molecule has 0 amide bonds. The minimum atomic E-state index is 0.655. The number of aliphatic imine (C=N–C) groups is 1. The zero-order chi connectivity index (χ0) is 14.2. The number of unbranched alkanes of at least 4 members (excludes halogenated alkanes) is 1. The smallest absolute Gasteiger partial charge is 0.0998 e. The predicted molar refractivity (Wildman–Crippen MR) is 83.5 cm³/mol. The van der Waals surface area contributed by atoms with Crippen molar-refractivity contribution in [3.8, 4) is 6.07 Å². The Morgan fingerprint density at radius 1 is 1.10 bits per heavy atom. The lowest BCUT2D eigenvalue weighted by Gasteiger charge is -2.04. The molecule has 0 heterocycles. The molecule has 0 fully saturated rings. The number of hydrogen-bond acceptors (Lipinski definition) is 2. The molecule has 0 aliphatic rings. The Morgan fingerprint density at radius 3 is 2.65 bits per heavy atom.